The second kappa shape index (κ2) is 6.21. The Hall–Kier alpha value is -2.46. The van der Waals surface area contributed by atoms with Crippen LogP contribution in [0.25, 0.3) is 10.6 Å². The molecule has 0 N–H and O–H groups in total. The summed E-state index contributed by atoms with van der Waals surface area (Å²) in [5.41, 5.74) is 4.25. The fourth-order valence-electron chi connectivity index (χ4n) is 3.12. The number of aryl methyl sites for hydroxylation is 1. The van der Waals surface area contributed by atoms with E-state index in [9.17, 15) is 4.79 Å². The molecule has 0 radical (unpaired) electrons. The zero-order chi connectivity index (χ0) is 16.5. The standard InChI is InChI=1S/C20H18N2OS/c1-14-18(21-19(24-14)16-8-3-2-4-9-16)20(23)22-12-11-15-7-5-6-10-17(15)13-22/h2-10H,11-13H2,1H3. The third-order valence-electron chi connectivity index (χ3n) is 4.44. The normalized spacial score (nSPS) is 13.6. The molecule has 3 aromatic rings. The molecule has 0 spiro atoms. The number of benzene rings is 2. The maximum atomic E-state index is 12.9. The van der Waals surface area contributed by atoms with Crippen LogP contribution in [0.3, 0.4) is 0 Å². The highest BCUT2D eigenvalue weighted by Gasteiger charge is 2.25. The van der Waals surface area contributed by atoms with Gasteiger partial charge in [0, 0.05) is 23.5 Å². The molecule has 0 unspecified atom stereocenters. The minimum Gasteiger partial charge on any atom is -0.333 e. The number of fused-ring (bicyclic) bond motifs is 1. The van der Waals surface area contributed by atoms with Crippen LogP contribution in [-0.2, 0) is 13.0 Å². The molecule has 0 atom stereocenters. The van der Waals surface area contributed by atoms with Crippen LogP contribution in [0.5, 0.6) is 0 Å². The molecule has 4 rings (SSSR count). The Morgan fingerprint density at radius 2 is 1.75 bits per heavy atom. The van der Waals surface area contributed by atoms with Crippen molar-refractivity contribution >= 4 is 17.2 Å². The van der Waals surface area contributed by atoms with Gasteiger partial charge in [0.2, 0.25) is 0 Å². The molecule has 1 aliphatic heterocycles. The van der Waals surface area contributed by atoms with Gasteiger partial charge in [-0.25, -0.2) is 4.98 Å². The quantitative estimate of drug-likeness (QED) is 0.699. The van der Waals surface area contributed by atoms with E-state index < -0.39 is 0 Å². The molecular weight excluding hydrogens is 316 g/mol. The largest absolute Gasteiger partial charge is 0.333 e. The third-order valence-corrected chi connectivity index (χ3v) is 5.46. The number of rotatable bonds is 2. The highest BCUT2D eigenvalue weighted by Crippen LogP contribution is 2.29. The highest BCUT2D eigenvalue weighted by molar-refractivity contribution is 7.15. The number of aromatic nitrogens is 1. The van der Waals surface area contributed by atoms with Gasteiger partial charge in [0.15, 0.2) is 0 Å². The number of amides is 1. The Morgan fingerprint density at radius 3 is 2.54 bits per heavy atom. The lowest BCUT2D eigenvalue weighted by molar-refractivity contribution is 0.0729. The minimum atomic E-state index is 0.0421. The van der Waals surface area contributed by atoms with Crippen LogP contribution < -0.4 is 0 Å². The number of carbonyl (C=O) groups is 1. The zero-order valence-electron chi connectivity index (χ0n) is 13.5. The lowest BCUT2D eigenvalue weighted by Crippen LogP contribution is -2.36. The van der Waals surface area contributed by atoms with Gasteiger partial charge in [0.25, 0.3) is 5.91 Å². The van der Waals surface area contributed by atoms with Gasteiger partial charge in [0.05, 0.1) is 0 Å². The highest BCUT2D eigenvalue weighted by atomic mass is 32.1. The van der Waals surface area contributed by atoms with Gasteiger partial charge in [-0.05, 0) is 24.5 Å². The summed E-state index contributed by atoms with van der Waals surface area (Å²) < 4.78 is 0. The monoisotopic (exact) mass is 334 g/mol. The molecule has 1 aliphatic rings. The van der Waals surface area contributed by atoms with Gasteiger partial charge >= 0.3 is 0 Å². The van der Waals surface area contributed by atoms with E-state index in [-0.39, 0.29) is 5.91 Å². The second-order valence-corrected chi connectivity index (χ2v) is 7.24. The van der Waals surface area contributed by atoms with Gasteiger partial charge in [-0.3, -0.25) is 4.79 Å². The van der Waals surface area contributed by atoms with E-state index in [0.717, 1.165) is 28.4 Å². The van der Waals surface area contributed by atoms with E-state index in [1.807, 2.05) is 48.2 Å². The number of hydrogen-bond donors (Lipinski definition) is 0. The van der Waals surface area contributed by atoms with E-state index in [1.165, 1.54) is 11.1 Å². The predicted molar refractivity (Wildman–Crippen MR) is 97.2 cm³/mol. The van der Waals surface area contributed by atoms with E-state index in [0.29, 0.717) is 12.2 Å². The molecule has 120 valence electrons. The summed E-state index contributed by atoms with van der Waals surface area (Å²) in [6, 6.07) is 18.4. The van der Waals surface area contributed by atoms with Crippen molar-refractivity contribution in [2.45, 2.75) is 19.9 Å². The topological polar surface area (TPSA) is 33.2 Å². The summed E-state index contributed by atoms with van der Waals surface area (Å²) in [4.78, 5) is 20.5. The molecule has 1 amide bonds. The minimum absolute atomic E-state index is 0.0421. The first-order valence-corrected chi connectivity index (χ1v) is 8.93. The predicted octanol–water partition coefficient (Wildman–Crippen LogP) is 4.32. The Bertz CT molecular complexity index is 886. The zero-order valence-corrected chi connectivity index (χ0v) is 14.3. The summed E-state index contributed by atoms with van der Waals surface area (Å²) in [6.07, 6.45) is 0.913. The van der Waals surface area contributed by atoms with Crippen molar-refractivity contribution in [3.05, 3.63) is 76.3 Å². The van der Waals surface area contributed by atoms with Crippen molar-refractivity contribution in [3.8, 4) is 10.6 Å². The molecule has 3 nitrogen and oxygen atoms in total. The molecule has 0 saturated heterocycles. The number of thiazole rings is 1. The average molecular weight is 334 g/mol. The molecule has 0 bridgehead atoms. The van der Waals surface area contributed by atoms with Crippen LogP contribution in [-0.4, -0.2) is 22.3 Å². The molecule has 1 aromatic heterocycles. The lowest BCUT2D eigenvalue weighted by atomic mass is 10.00. The first kappa shape index (κ1) is 15.1. The van der Waals surface area contributed by atoms with Crippen LogP contribution >= 0.6 is 11.3 Å². The van der Waals surface area contributed by atoms with Crippen LogP contribution in [0.1, 0.15) is 26.5 Å². The number of nitrogens with zero attached hydrogens (tertiary/aromatic N) is 2. The first-order chi connectivity index (χ1) is 11.7. The lowest BCUT2D eigenvalue weighted by Gasteiger charge is -2.28. The van der Waals surface area contributed by atoms with Crippen molar-refractivity contribution in [3.63, 3.8) is 0 Å². The number of hydrogen-bond acceptors (Lipinski definition) is 3. The van der Waals surface area contributed by atoms with Gasteiger partial charge < -0.3 is 4.90 Å². The maximum Gasteiger partial charge on any atom is 0.273 e. The summed E-state index contributed by atoms with van der Waals surface area (Å²) in [7, 11) is 0. The summed E-state index contributed by atoms with van der Waals surface area (Å²) in [5.74, 6) is 0.0421. The van der Waals surface area contributed by atoms with Crippen molar-refractivity contribution in [1.82, 2.24) is 9.88 Å². The molecule has 0 aliphatic carbocycles. The second-order valence-electron chi connectivity index (χ2n) is 6.04. The van der Waals surface area contributed by atoms with Crippen LogP contribution in [0.2, 0.25) is 0 Å². The van der Waals surface area contributed by atoms with E-state index in [4.69, 9.17) is 0 Å². The Balaban J connectivity index is 1.61. The molecule has 4 heteroatoms. The molecular formula is C20H18N2OS. The Morgan fingerprint density at radius 1 is 1.04 bits per heavy atom. The van der Waals surface area contributed by atoms with Crippen molar-refractivity contribution in [1.29, 1.82) is 0 Å². The molecule has 0 saturated carbocycles. The van der Waals surface area contributed by atoms with Gasteiger partial charge in [-0.1, -0.05) is 54.6 Å². The van der Waals surface area contributed by atoms with E-state index in [1.54, 1.807) is 11.3 Å². The van der Waals surface area contributed by atoms with Crippen LogP contribution in [0.4, 0.5) is 0 Å². The molecule has 24 heavy (non-hydrogen) atoms. The maximum absolute atomic E-state index is 12.9. The summed E-state index contributed by atoms with van der Waals surface area (Å²) in [6.45, 7) is 3.41. The Labute approximate surface area is 145 Å². The summed E-state index contributed by atoms with van der Waals surface area (Å²) in [5, 5.41) is 0.911. The van der Waals surface area contributed by atoms with E-state index >= 15 is 0 Å². The SMILES string of the molecule is Cc1sc(-c2ccccc2)nc1C(=O)N1CCc2ccccc2C1. The van der Waals surface area contributed by atoms with Crippen LogP contribution in [0, 0.1) is 6.92 Å². The van der Waals surface area contributed by atoms with Crippen molar-refractivity contribution in [2.75, 3.05) is 6.54 Å². The van der Waals surface area contributed by atoms with Crippen molar-refractivity contribution < 1.29 is 4.79 Å². The molecule has 0 fully saturated rings. The van der Waals surface area contributed by atoms with Crippen LogP contribution in [0.15, 0.2) is 54.6 Å². The van der Waals surface area contributed by atoms with Gasteiger partial charge in [0.1, 0.15) is 10.7 Å². The van der Waals surface area contributed by atoms with Crippen molar-refractivity contribution in [2.24, 2.45) is 0 Å². The number of carbonyl (C=O) groups excluding carboxylic acids is 1. The van der Waals surface area contributed by atoms with Gasteiger partial charge in [-0.15, -0.1) is 11.3 Å². The molecule has 2 aromatic carbocycles. The fourth-order valence-corrected chi connectivity index (χ4v) is 4.03. The average Bonchev–Trinajstić information content (AvgIpc) is 3.03. The first-order valence-electron chi connectivity index (χ1n) is 8.11. The van der Waals surface area contributed by atoms with E-state index in [2.05, 4.69) is 23.2 Å². The summed E-state index contributed by atoms with van der Waals surface area (Å²) >= 11 is 1.59. The third kappa shape index (κ3) is 2.74. The molecule has 2 heterocycles. The van der Waals surface area contributed by atoms with Gasteiger partial charge in [-0.2, -0.15) is 0 Å². The smallest absolute Gasteiger partial charge is 0.273 e. The Kier molecular flexibility index (Phi) is 3.90. The fraction of sp³-hybridized carbons (Fsp3) is 0.200.